The van der Waals surface area contributed by atoms with E-state index in [1.807, 2.05) is 18.2 Å². The van der Waals surface area contributed by atoms with Crippen LogP contribution >= 0.6 is 11.6 Å². The standard InChI is InChI=1S/C15H24ClN3O/c1-4-11(5-2)19(8-9-20-3)12-6-7-13(15(17)18)14(16)10-12/h6-7,10-11H,4-5,8-9H2,1-3H3,(H3,17,18). The number of nitrogens with one attached hydrogen (secondary N) is 1. The van der Waals surface area contributed by atoms with Gasteiger partial charge in [-0.1, -0.05) is 25.4 Å². The second-order valence-corrected chi connectivity index (χ2v) is 5.14. The molecule has 1 aromatic carbocycles. The number of nitrogens with zero attached hydrogens (tertiary/aromatic N) is 1. The molecule has 0 amide bonds. The highest BCUT2D eigenvalue weighted by molar-refractivity contribution is 6.34. The van der Waals surface area contributed by atoms with Crippen LogP contribution in [-0.4, -0.2) is 32.1 Å². The number of nitrogen functional groups attached to an aromatic ring is 1. The minimum atomic E-state index is -0.00692. The van der Waals surface area contributed by atoms with Crippen molar-refractivity contribution in [2.75, 3.05) is 25.2 Å². The van der Waals surface area contributed by atoms with Crippen molar-refractivity contribution in [3.63, 3.8) is 0 Å². The highest BCUT2D eigenvalue weighted by Gasteiger charge is 2.17. The van der Waals surface area contributed by atoms with Gasteiger partial charge in [0.05, 0.1) is 11.6 Å². The van der Waals surface area contributed by atoms with E-state index in [2.05, 4.69) is 18.7 Å². The zero-order valence-corrected chi connectivity index (χ0v) is 13.2. The molecule has 0 aliphatic rings. The van der Waals surface area contributed by atoms with Crippen LogP contribution in [0.2, 0.25) is 5.02 Å². The molecule has 0 bridgehead atoms. The minimum absolute atomic E-state index is 0.00692. The second-order valence-electron chi connectivity index (χ2n) is 4.73. The lowest BCUT2D eigenvalue weighted by atomic mass is 10.1. The van der Waals surface area contributed by atoms with Crippen molar-refractivity contribution in [1.82, 2.24) is 0 Å². The Morgan fingerprint density at radius 2 is 2.05 bits per heavy atom. The van der Waals surface area contributed by atoms with Gasteiger partial charge in [-0.05, 0) is 31.0 Å². The SMILES string of the molecule is CCC(CC)N(CCOC)c1ccc(C(=N)N)c(Cl)c1. The Morgan fingerprint density at radius 1 is 1.40 bits per heavy atom. The average molecular weight is 298 g/mol. The number of halogens is 1. The summed E-state index contributed by atoms with van der Waals surface area (Å²) in [7, 11) is 1.71. The van der Waals surface area contributed by atoms with E-state index in [-0.39, 0.29) is 5.84 Å². The predicted octanol–water partition coefficient (Wildman–Crippen LogP) is 3.27. The summed E-state index contributed by atoms with van der Waals surface area (Å²) in [5.74, 6) is -0.00692. The van der Waals surface area contributed by atoms with Crippen LogP contribution in [0.3, 0.4) is 0 Å². The van der Waals surface area contributed by atoms with Crippen molar-refractivity contribution in [3.05, 3.63) is 28.8 Å². The number of hydrogen-bond acceptors (Lipinski definition) is 3. The van der Waals surface area contributed by atoms with Crippen molar-refractivity contribution < 1.29 is 4.74 Å². The maximum absolute atomic E-state index is 7.48. The molecule has 4 nitrogen and oxygen atoms in total. The van der Waals surface area contributed by atoms with Gasteiger partial charge in [0.1, 0.15) is 5.84 Å². The number of ether oxygens (including phenoxy) is 1. The smallest absolute Gasteiger partial charge is 0.124 e. The van der Waals surface area contributed by atoms with Crippen LogP contribution in [0.1, 0.15) is 32.3 Å². The van der Waals surface area contributed by atoms with Gasteiger partial charge in [0.2, 0.25) is 0 Å². The fourth-order valence-electron chi connectivity index (χ4n) is 2.34. The average Bonchev–Trinajstić information content (AvgIpc) is 2.43. The largest absolute Gasteiger partial charge is 0.384 e. The van der Waals surface area contributed by atoms with Gasteiger partial charge in [0.25, 0.3) is 0 Å². The minimum Gasteiger partial charge on any atom is -0.384 e. The number of nitrogens with two attached hydrogens (primary N) is 1. The van der Waals surface area contributed by atoms with Gasteiger partial charge in [-0.2, -0.15) is 0 Å². The Kier molecular flexibility index (Phi) is 6.82. The topological polar surface area (TPSA) is 62.3 Å². The molecular formula is C15H24ClN3O. The Hall–Kier alpha value is -1.26. The number of amidine groups is 1. The molecule has 0 radical (unpaired) electrons. The molecular weight excluding hydrogens is 274 g/mol. The van der Waals surface area contributed by atoms with Gasteiger partial charge in [-0.15, -0.1) is 0 Å². The van der Waals surface area contributed by atoms with Crippen LogP contribution in [0.5, 0.6) is 0 Å². The Bertz CT molecular complexity index is 447. The number of hydrogen-bond donors (Lipinski definition) is 2. The third-order valence-electron chi connectivity index (χ3n) is 3.49. The van der Waals surface area contributed by atoms with E-state index in [4.69, 9.17) is 27.5 Å². The zero-order valence-electron chi connectivity index (χ0n) is 12.4. The van der Waals surface area contributed by atoms with Crippen molar-refractivity contribution in [3.8, 4) is 0 Å². The van der Waals surface area contributed by atoms with E-state index >= 15 is 0 Å². The van der Waals surface area contributed by atoms with E-state index in [1.54, 1.807) is 7.11 Å². The van der Waals surface area contributed by atoms with Gasteiger partial charge in [0, 0.05) is 30.9 Å². The van der Waals surface area contributed by atoms with Gasteiger partial charge in [-0.3, -0.25) is 5.41 Å². The summed E-state index contributed by atoms with van der Waals surface area (Å²) < 4.78 is 5.20. The van der Waals surface area contributed by atoms with Gasteiger partial charge in [0.15, 0.2) is 0 Å². The fourth-order valence-corrected chi connectivity index (χ4v) is 2.62. The molecule has 0 aliphatic heterocycles. The van der Waals surface area contributed by atoms with Crippen LogP contribution in [0, 0.1) is 5.41 Å². The molecule has 0 aromatic heterocycles. The molecule has 0 fully saturated rings. The summed E-state index contributed by atoms with van der Waals surface area (Å²) in [4.78, 5) is 2.30. The summed E-state index contributed by atoms with van der Waals surface area (Å²) in [6.45, 7) is 5.85. The summed E-state index contributed by atoms with van der Waals surface area (Å²) in [5.41, 5.74) is 7.12. The Morgan fingerprint density at radius 3 is 2.50 bits per heavy atom. The molecule has 5 heteroatoms. The first-order valence-electron chi connectivity index (χ1n) is 6.94. The van der Waals surface area contributed by atoms with Gasteiger partial charge < -0.3 is 15.4 Å². The quantitative estimate of drug-likeness (QED) is 0.572. The molecule has 0 aliphatic carbocycles. The maximum atomic E-state index is 7.48. The molecule has 0 spiro atoms. The lowest BCUT2D eigenvalue weighted by Gasteiger charge is -2.32. The third kappa shape index (κ3) is 4.12. The fraction of sp³-hybridized carbons (Fsp3) is 0.533. The van der Waals surface area contributed by atoms with Crippen LogP contribution in [0.15, 0.2) is 18.2 Å². The van der Waals surface area contributed by atoms with E-state index in [0.717, 1.165) is 25.1 Å². The van der Waals surface area contributed by atoms with Crippen LogP contribution in [0.25, 0.3) is 0 Å². The van der Waals surface area contributed by atoms with E-state index in [9.17, 15) is 0 Å². The van der Waals surface area contributed by atoms with Crippen LogP contribution in [0.4, 0.5) is 5.69 Å². The zero-order chi connectivity index (χ0) is 15.1. The lowest BCUT2D eigenvalue weighted by Crippen LogP contribution is -2.37. The molecule has 0 saturated carbocycles. The normalized spacial score (nSPS) is 10.8. The van der Waals surface area contributed by atoms with E-state index < -0.39 is 0 Å². The third-order valence-corrected chi connectivity index (χ3v) is 3.81. The number of anilines is 1. The molecule has 20 heavy (non-hydrogen) atoms. The molecule has 0 unspecified atom stereocenters. The first kappa shape index (κ1) is 16.8. The summed E-state index contributed by atoms with van der Waals surface area (Å²) >= 11 is 6.21. The number of rotatable bonds is 8. The maximum Gasteiger partial charge on any atom is 0.124 e. The van der Waals surface area contributed by atoms with Crippen LogP contribution < -0.4 is 10.6 Å². The van der Waals surface area contributed by atoms with Crippen LogP contribution in [-0.2, 0) is 4.74 Å². The van der Waals surface area contributed by atoms with E-state index in [1.165, 1.54) is 0 Å². The monoisotopic (exact) mass is 297 g/mol. The highest BCUT2D eigenvalue weighted by Crippen LogP contribution is 2.26. The summed E-state index contributed by atoms with van der Waals surface area (Å²) in [6.07, 6.45) is 2.12. The molecule has 1 rings (SSSR count). The Labute approximate surface area is 126 Å². The van der Waals surface area contributed by atoms with Crippen molar-refractivity contribution in [2.45, 2.75) is 32.7 Å². The molecule has 0 atom stereocenters. The first-order valence-corrected chi connectivity index (χ1v) is 7.32. The predicted molar refractivity (Wildman–Crippen MR) is 86.1 cm³/mol. The second kappa shape index (κ2) is 8.12. The first-order chi connectivity index (χ1) is 9.54. The van der Waals surface area contributed by atoms with Gasteiger partial charge >= 0.3 is 0 Å². The number of methoxy groups -OCH3 is 1. The summed E-state index contributed by atoms with van der Waals surface area (Å²) in [6, 6.07) is 6.11. The molecule has 0 heterocycles. The molecule has 0 saturated heterocycles. The van der Waals surface area contributed by atoms with Crippen molar-refractivity contribution >= 4 is 23.1 Å². The lowest BCUT2D eigenvalue weighted by molar-refractivity contribution is 0.202. The van der Waals surface area contributed by atoms with E-state index in [0.29, 0.717) is 23.2 Å². The van der Waals surface area contributed by atoms with Gasteiger partial charge in [-0.25, -0.2) is 0 Å². The number of benzene rings is 1. The van der Waals surface area contributed by atoms with Crippen molar-refractivity contribution in [1.29, 1.82) is 5.41 Å². The molecule has 3 N–H and O–H groups in total. The Balaban J connectivity index is 3.06. The molecule has 112 valence electrons. The van der Waals surface area contributed by atoms with Crippen molar-refractivity contribution in [2.24, 2.45) is 5.73 Å². The molecule has 1 aromatic rings. The highest BCUT2D eigenvalue weighted by atomic mass is 35.5. The summed E-state index contributed by atoms with van der Waals surface area (Å²) in [5, 5.41) is 8.00.